The van der Waals surface area contributed by atoms with E-state index in [-0.39, 0.29) is 23.5 Å². The molecule has 1 aliphatic heterocycles. The number of likely N-dealkylation sites (tertiary alicyclic amines) is 1. The number of amides is 2. The molecule has 1 saturated heterocycles. The summed E-state index contributed by atoms with van der Waals surface area (Å²) in [6.45, 7) is 4.94. The Kier molecular flexibility index (Phi) is 11.3. The number of carbonyl (C=O) groups excluding carboxylic acids is 2. The molecule has 1 atom stereocenters. The predicted octanol–water partition coefficient (Wildman–Crippen LogP) is 7.23. The first kappa shape index (κ1) is 31.4. The van der Waals surface area contributed by atoms with Gasteiger partial charge in [0.15, 0.2) is 0 Å². The van der Waals surface area contributed by atoms with Gasteiger partial charge in [-0.1, -0.05) is 23.7 Å². The van der Waals surface area contributed by atoms with Gasteiger partial charge in [-0.25, -0.2) is 8.78 Å². The molecule has 42 heavy (non-hydrogen) atoms. The lowest BCUT2D eigenvalue weighted by Crippen LogP contribution is -2.34. The van der Waals surface area contributed by atoms with Crippen LogP contribution < -0.4 is 15.4 Å². The van der Waals surface area contributed by atoms with Crippen LogP contribution in [-0.2, 0) is 0 Å². The molecular formula is C32H35ClF3N3O3. The number of aryl methyl sites for hydroxylation is 1. The third kappa shape index (κ3) is 8.97. The van der Waals surface area contributed by atoms with Crippen LogP contribution in [0.15, 0.2) is 66.7 Å². The molecule has 2 N–H and O–H groups in total. The van der Waals surface area contributed by atoms with Crippen molar-refractivity contribution in [3.8, 4) is 5.75 Å². The highest BCUT2D eigenvalue weighted by Crippen LogP contribution is 2.36. The molecule has 1 aliphatic rings. The number of unbranched alkanes of at least 4 members (excludes halogenated alkanes) is 1. The molecule has 1 fully saturated rings. The van der Waals surface area contributed by atoms with Gasteiger partial charge >= 0.3 is 6.43 Å². The summed E-state index contributed by atoms with van der Waals surface area (Å²) in [5, 5.41) is 6.28. The minimum absolute atomic E-state index is 0.123. The molecule has 0 radical (unpaired) electrons. The zero-order valence-electron chi connectivity index (χ0n) is 23.4. The molecule has 3 aromatic carbocycles. The molecule has 0 saturated carbocycles. The van der Waals surface area contributed by atoms with E-state index >= 15 is 0 Å². The van der Waals surface area contributed by atoms with Crippen LogP contribution in [0.5, 0.6) is 5.75 Å². The molecule has 6 nitrogen and oxygen atoms in total. The summed E-state index contributed by atoms with van der Waals surface area (Å²) in [4.78, 5) is 27.2. The van der Waals surface area contributed by atoms with E-state index in [9.17, 15) is 22.8 Å². The summed E-state index contributed by atoms with van der Waals surface area (Å²) < 4.78 is 44.0. The molecule has 1 heterocycles. The van der Waals surface area contributed by atoms with E-state index in [1.807, 2.05) is 19.1 Å². The van der Waals surface area contributed by atoms with Crippen molar-refractivity contribution in [2.24, 2.45) is 0 Å². The maximum absolute atomic E-state index is 13.6. The number of benzene rings is 3. The normalized spacial score (nSPS) is 14.9. The number of alkyl halides is 3. The van der Waals surface area contributed by atoms with Gasteiger partial charge in [-0.3, -0.25) is 9.59 Å². The molecule has 4 rings (SSSR count). The maximum atomic E-state index is 13.6. The molecule has 2 amide bonds. The second kappa shape index (κ2) is 15.1. The van der Waals surface area contributed by atoms with Crippen molar-refractivity contribution in [1.82, 2.24) is 10.2 Å². The predicted molar refractivity (Wildman–Crippen MR) is 159 cm³/mol. The van der Waals surface area contributed by atoms with Gasteiger partial charge in [0.05, 0.1) is 0 Å². The highest BCUT2D eigenvalue weighted by atomic mass is 35.5. The molecule has 0 bridgehead atoms. The van der Waals surface area contributed by atoms with E-state index in [2.05, 4.69) is 15.5 Å². The van der Waals surface area contributed by atoms with Gasteiger partial charge in [-0.15, -0.1) is 0 Å². The van der Waals surface area contributed by atoms with Gasteiger partial charge in [0.2, 0.25) is 0 Å². The van der Waals surface area contributed by atoms with Crippen LogP contribution in [0.25, 0.3) is 0 Å². The summed E-state index contributed by atoms with van der Waals surface area (Å²) in [7, 11) is 0. The number of carbonyl (C=O) groups is 2. The molecule has 0 aromatic heterocycles. The fraction of sp³-hybridized carbons (Fsp3) is 0.375. The lowest BCUT2D eigenvalue weighted by molar-refractivity contribution is -0.0675. The van der Waals surface area contributed by atoms with Crippen LogP contribution >= 0.6 is 11.6 Å². The van der Waals surface area contributed by atoms with Gasteiger partial charge in [0.1, 0.15) is 5.75 Å². The van der Waals surface area contributed by atoms with E-state index in [1.165, 1.54) is 0 Å². The van der Waals surface area contributed by atoms with Crippen molar-refractivity contribution in [1.29, 1.82) is 0 Å². The Morgan fingerprint density at radius 1 is 0.929 bits per heavy atom. The molecule has 0 aliphatic carbocycles. The largest absolute Gasteiger partial charge is 0.454 e. The van der Waals surface area contributed by atoms with Crippen molar-refractivity contribution in [2.45, 2.75) is 51.3 Å². The molecule has 224 valence electrons. The zero-order valence-corrected chi connectivity index (χ0v) is 24.2. The van der Waals surface area contributed by atoms with Gasteiger partial charge in [-0.2, -0.15) is 4.39 Å². The number of piperidine rings is 1. The Hall–Kier alpha value is -3.56. The van der Waals surface area contributed by atoms with Gasteiger partial charge < -0.3 is 20.3 Å². The Morgan fingerprint density at radius 3 is 2.24 bits per heavy atom. The van der Waals surface area contributed by atoms with Crippen LogP contribution in [0.4, 0.5) is 18.9 Å². The minimum atomic E-state index is -3.19. The third-order valence-electron chi connectivity index (χ3n) is 7.33. The standard InChI is InChI=1S/C32H35ClF3N3O3/c1-21-4-13-27(28(20-21)42-30(36)29(34)35)22-14-18-39(19-15-22)17-3-2-16-37-31(40)23-7-11-26(12-8-23)38-32(41)24-5-9-25(33)10-6-24/h4-13,20,22,29-30H,2-3,14-19H2,1H3,(H,37,40)(H,38,41). The maximum Gasteiger partial charge on any atom is 0.304 e. The van der Waals surface area contributed by atoms with E-state index in [1.54, 1.807) is 54.6 Å². The van der Waals surface area contributed by atoms with E-state index in [4.69, 9.17) is 16.3 Å². The van der Waals surface area contributed by atoms with E-state index < -0.39 is 12.8 Å². The van der Waals surface area contributed by atoms with Crippen LogP contribution in [0.2, 0.25) is 5.02 Å². The number of anilines is 1. The number of nitrogens with zero attached hydrogens (tertiary/aromatic N) is 1. The average Bonchev–Trinajstić information content (AvgIpc) is 2.98. The van der Waals surface area contributed by atoms with Crippen LogP contribution in [0.3, 0.4) is 0 Å². The number of ether oxygens (including phenoxy) is 1. The number of hydrogen-bond acceptors (Lipinski definition) is 4. The monoisotopic (exact) mass is 601 g/mol. The van der Waals surface area contributed by atoms with Crippen LogP contribution in [0, 0.1) is 6.92 Å². The fourth-order valence-corrected chi connectivity index (χ4v) is 5.12. The Labute approximate surface area is 249 Å². The number of hydrogen-bond donors (Lipinski definition) is 2. The van der Waals surface area contributed by atoms with E-state index in [0.29, 0.717) is 28.4 Å². The highest BCUT2D eigenvalue weighted by molar-refractivity contribution is 6.30. The summed E-state index contributed by atoms with van der Waals surface area (Å²) in [6, 6.07) is 18.7. The minimum Gasteiger partial charge on any atom is -0.454 e. The SMILES string of the molecule is Cc1ccc(C2CCN(CCCCNC(=O)c3ccc(NC(=O)c4ccc(Cl)cc4)cc3)CC2)c(OC(F)C(F)F)c1. The summed E-state index contributed by atoms with van der Waals surface area (Å²) in [5.74, 6) is -0.112. The highest BCUT2D eigenvalue weighted by Gasteiger charge is 2.26. The summed E-state index contributed by atoms with van der Waals surface area (Å²) >= 11 is 5.86. The molecule has 0 spiro atoms. The molecule has 3 aromatic rings. The third-order valence-corrected chi connectivity index (χ3v) is 7.58. The van der Waals surface area contributed by atoms with Crippen LogP contribution in [0.1, 0.15) is 63.4 Å². The van der Waals surface area contributed by atoms with E-state index in [0.717, 1.165) is 56.4 Å². The Morgan fingerprint density at radius 2 is 1.57 bits per heavy atom. The van der Waals surface area contributed by atoms with Crippen LogP contribution in [-0.4, -0.2) is 55.7 Å². The van der Waals surface area contributed by atoms with Crippen molar-refractivity contribution in [3.05, 3.63) is 94.0 Å². The van der Waals surface area contributed by atoms with Gasteiger partial charge in [0, 0.05) is 28.4 Å². The molecular weight excluding hydrogens is 567 g/mol. The molecule has 1 unspecified atom stereocenters. The second-order valence-electron chi connectivity index (χ2n) is 10.5. The molecule has 10 heteroatoms. The smallest absolute Gasteiger partial charge is 0.304 e. The first-order valence-corrected chi connectivity index (χ1v) is 14.4. The Balaban J connectivity index is 1.15. The lowest BCUT2D eigenvalue weighted by Gasteiger charge is -2.33. The van der Waals surface area contributed by atoms with Crippen molar-refractivity contribution in [3.63, 3.8) is 0 Å². The van der Waals surface area contributed by atoms with Gasteiger partial charge in [0.25, 0.3) is 18.2 Å². The van der Waals surface area contributed by atoms with Crippen molar-refractivity contribution < 1.29 is 27.5 Å². The second-order valence-corrected chi connectivity index (χ2v) is 10.9. The average molecular weight is 602 g/mol. The van der Waals surface area contributed by atoms with Gasteiger partial charge in [-0.05, 0) is 124 Å². The first-order valence-electron chi connectivity index (χ1n) is 14.1. The van der Waals surface area contributed by atoms with Crippen molar-refractivity contribution in [2.75, 3.05) is 31.5 Å². The number of rotatable bonds is 12. The quantitative estimate of drug-likeness (QED) is 0.215. The number of nitrogens with one attached hydrogen (secondary N) is 2. The topological polar surface area (TPSA) is 70.7 Å². The lowest BCUT2D eigenvalue weighted by atomic mass is 9.88. The Bertz CT molecular complexity index is 1330. The summed E-state index contributed by atoms with van der Waals surface area (Å²) in [5.41, 5.74) is 3.19. The zero-order chi connectivity index (χ0) is 30.1. The van der Waals surface area contributed by atoms with Crippen molar-refractivity contribution >= 4 is 29.1 Å². The fourth-order valence-electron chi connectivity index (χ4n) is 5.00. The first-order chi connectivity index (χ1) is 20.2. The number of halogens is 4. The summed E-state index contributed by atoms with van der Waals surface area (Å²) in [6.07, 6.45) is -2.43.